The van der Waals surface area contributed by atoms with Crippen LogP contribution in [0.25, 0.3) is 16.7 Å². The summed E-state index contributed by atoms with van der Waals surface area (Å²) in [6.45, 7) is 7.99. The fourth-order valence-corrected chi connectivity index (χ4v) is 3.25. The van der Waals surface area contributed by atoms with Gasteiger partial charge in [0, 0.05) is 17.5 Å². The van der Waals surface area contributed by atoms with Gasteiger partial charge in [-0.1, -0.05) is 12.1 Å². The highest BCUT2D eigenvalue weighted by Gasteiger charge is 2.18. The van der Waals surface area contributed by atoms with Crippen LogP contribution in [-0.2, 0) is 11.2 Å². The van der Waals surface area contributed by atoms with Crippen molar-refractivity contribution in [2.45, 2.75) is 40.5 Å². The molecule has 2 heterocycles. The number of fused-ring (bicyclic) bond motifs is 1. The fourth-order valence-electron chi connectivity index (χ4n) is 3.25. The van der Waals surface area contributed by atoms with Crippen LogP contribution in [0.5, 0.6) is 0 Å². The predicted octanol–water partition coefficient (Wildman–Crippen LogP) is 3.67. The van der Waals surface area contributed by atoms with Crippen molar-refractivity contribution in [3.05, 3.63) is 52.3 Å². The third-order valence-corrected chi connectivity index (χ3v) is 4.41. The first-order valence-electron chi connectivity index (χ1n) is 8.02. The number of rotatable bonds is 4. The average molecular weight is 323 g/mol. The first-order valence-corrected chi connectivity index (χ1v) is 8.02. The Morgan fingerprint density at radius 1 is 1.17 bits per heavy atom. The molecule has 0 aliphatic rings. The number of nitrogens with zero attached hydrogens (tertiary/aromatic N) is 3. The fraction of sp³-hybridized carbons (Fsp3) is 0.316. The monoisotopic (exact) mass is 323 g/mol. The molecule has 3 rings (SSSR count). The summed E-state index contributed by atoms with van der Waals surface area (Å²) in [5.74, 6) is -0.791. The number of aromatic nitrogens is 3. The van der Waals surface area contributed by atoms with Gasteiger partial charge < -0.3 is 5.11 Å². The molecule has 0 aliphatic carbocycles. The van der Waals surface area contributed by atoms with Gasteiger partial charge in [-0.3, -0.25) is 4.79 Å². The Balaban J connectivity index is 2.21. The molecule has 0 fully saturated rings. The van der Waals surface area contributed by atoms with Crippen molar-refractivity contribution in [3.63, 3.8) is 0 Å². The molecule has 124 valence electrons. The van der Waals surface area contributed by atoms with Gasteiger partial charge in [0.2, 0.25) is 0 Å². The van der Waals surface area contributed by atoms with E-state index in [0.717, 1.165) is 39.2 Å². The van der Waals surface area contributed by atoms with Gasteiger partial charge >= 0.3 is 5.97 Å². The predicted molar refractivity (Wildman–Crippen MR) is 93.8 cm³/mol. The summed E-state index contributed by atoms with van der Waals surface area (Å²) in [4.78, 5) is 15.7. The van der Waals surface area contributed by atoms with E-state index in [0.29, 0.717) is 6.42 Å². The average Bonchev–Trinajstić information content (AvgIpc) is 2.83. The molecule has 0 atom stereocenters. The van der Waals surface area contributed by atoms with Gasteiger partial charge in [0.1, 0.15) is 0 Å². The molecule has 0 saturated heterocycles. The van der Waals surface area contributed by atoms with Crippen molar-refractivity contribution < 1.29 is 9.90 Å². The Bertz CT molecular complexity index is 941. The largest absolute Gasteiger partial charge is 0.481 e. The second kappa shape index (κ2) is 6.07. The second-order valence-electron chi connectivity index (χ2n) is 6.23. The standard InChI is InChI=1S/C19H21N3O2/c1-11-6-5-7-15(10-11)22-19-18(14(4)21-22)12(2)16(13(3)20-19)8-9-17(23)24/h5-7,10H,8-9H2,1-4H3,(H,23,24). The zero-order valence-corrected chi connectivity index (χ0v) is 14.4. The molecule has 5 nitrogen and oxygen atoms in total. The molecule has 0 amide bonds. The van der Waals surface area contributed by atoms with Crippen molar-refractivity contribution in [2.24, 2.45) is 0 Å². The maximum absolute atomic E-state index is 10.9. The summed E-state index contributed by atoms with van der Waals surface area (Å²) in [6, 6.07) is 8.16. The van der Waals surface area contributed by atoms with Gasteiger partial charge in [-0.2, -0.15) is 5.10 Å². The van der Waals surface area contributed by atoms with Gasteiger partial charge in [-0.05, 0) is 62.9 Å². The Morgan fingerprint density at radius 2 is 1.92 bits per heavy atom. The lowest BCUT2D eigenvalue weighted by atomic mass is 9.99. The number of aryl methyl sites for hydroxylation is 4. The minimum absolute atomic E-state index is 0.111. The zero-order valence-electron chi connectivity index (χ0n) is 14.4. The SMILES string of the molecule is Cc1cccc(-n2nc(C)c3c(C)c(CCC(=O)O)c(C)nc32)c1. The number of carboxylic acid groups (broad SMARTS) is 1. The molecule has 0 bridgehead atoms. The van der Waals surface area contributed by atoms with Gasteiger partial charge in [0.15, 0.2) is 5.65 Å². The van der Waals surface area contributed by atoms with E-state index in [1.807, 2.05) is 37.6 Å². The Morgan fingerprint density at radius 3 is 2.58 bits per heavy atom. The van der Waals surface area contributed by atoms with Gasteiger partial charge in [0.25, 0.3) is 0 Å². The highest BCUT2D eigenvalue weighted by atomic mass is 16.4. The first-order chi connectivity index (χ1) is 11.4. The lowest BCUT2D eigenvalue weighted by Crippen LogP contribution is -2.05. The summed E-state index contributed by atoms with van der Waals surface area (Å²) >= 11 is 0. The van der Waals surface area contributed by atoms with Gasteiger partial charge in [-0.25, -0.2) is 9.67 Å². The number of carboxylic acids is 1. The van der Waals surface area contributed by atoms with E-state index >= 15 is 0 Å². The van der Waals surface area contributed by atoms with Gasteiger partial charge in [-0.15, -0.1) is 0 Å². The van der Waals surface area contributed by atoms with Crippen LogP contribution in [0.2, 0.25) is 0 Å². The van der Waals surface area contributed by atoms with E-state index in [9.17, 15) is 4.79 Å². The Kier molecular flexibility index (Phi) is 4.09. The Labute approximate surface area is 141 Å². The molecule has 0 radical (unpaired) electrons. The van der Waals surface area contributed by atoms with Crippen molar-refractivity contribution in [1.82, 2.24) is 14.8 Å². The number of carbonyl (C=O) groups is 1. The van der Waals surface area contributed by atoms with Crippen LogP contribution < -0.4 is 0 Å². The highest BCUT2D eigenvalue weighted by molar-refractivity contribution is 5.85. The maximum Gasteiger partial charge on any atom is 0.303 e. The van der Waals surface area contributed by atoms with Crippen LogP contribution >= 0.6 is 0 Å². The summed E-state index contributed by atoms with van der Waals surface area (Å²) in [7, 11) is 0. The van der Waals surface area contributed by atoms with E-state index in [1.165, 1.54) is 5.56 Å². The minimum Gasteiger partial charge on any atom is -0.481 e. The summed E-state index contributed by atoms with van der Waals surface area (Å²) < 4.78 is 1.87. The van der Waals surface area contributed by atoms with Crippen LogP contribution in [0.3, 0.4) is 0 Å². The second-order valence-corrected chi connectivity index (χ2v) is 6.23. The molecular weight excluding hydrogens is 302 g/mol. The van der Waals surface area contributed by atoms with E-state index in [1.54, 1.807) is 0 Å². The molecule has 0 unspecified atom stereocenters. The van der Waals surface area contributed by atoms with Crippen LogP contribution in [0, 0.1) is 27.7 Å². The van der Waals surface area contributed by atoms with Crippen molar-refractivity contribution in [3.8, 4) is 5.69 Å². The quantitative estimate of drug-likeness (QED) is 0.795. The molecule has 0 spiro atoms. The topological polar surface area (TPSA) is 68.0 Å². The molecular formula is C19H21N3O2. The Hall–Kier alpha value is -2.69. The summed E-state index contributed by atoms with van der Waals surface area (Å²) in [6.07, 6.45) is 0.602. The zero-order chi connectivity index (χ0) is 17.4. The molecule has 2 aromatic heterocycles. The third kappa shape index (κ3) is 2.77. The lowest BCUT2D eigenvalue weighted by molar-refractivity contribution is -0.136. The van der Waals surface area contributed by atoms with Crippen LogP contribution in [-0.4, -0.2) is 25.8 Å². The summed E-state index contributed by atoms with van der Waals surface area (Å²) in [5, 5.41) is 14.7. The van der Waals surface area contributed by atoms with E-state index in [-0.39, 0.29) is 6.42 Å². The molecule has 1 aromatic carbocycles. The van der Waals surface area contributed by atoms with Crippen molar-refractivity contribution in [2.75, 3.05) is 0 Å². The first kappa shape index (κ1) is 16.2. The van der Waals surface area contributed by atoms with Crippen LogP contribution in [0.4, 0.5) is 0 Å². The van der Waals surface area contributed by atoms with Crippen LogP contribution in [0.1, 0.15) is 34.5 Å². The van der Waals surface area contributed by atoms with E-state index in [2.05, 4.69) is 24.2 Å². The molecule has 0 aliphatic heterocycles. The van der Waals surface area contributed by atoms with E-state index in [4.69, 9.17) is 10.1 Å². The number of aliphatic carboxylic acids is 1. The smallest absolute Gasteiger partial charge is 0.303 e. The highest BCUT2D eigenvalue weighted by Crippen LogP contribution is 2.28. The number of pyridine rings is 1. The molecule has 24 heavy (non-hydrogen) atoms. The minimum atomic E-state index is -0.791. The third-order valence-electron chi connectivity index (χ3n) is 4.41. The van der Waals surface area contributed by atoms with Crippen LogP contribution in [0.15, 0.2) is 24.3 Å². The molecule has 1 N–H and O–H groups in total. The number of hydrogen-bond donors (Lipinski definition) is 1. The molecule has 0 saturated carbocycles. The van der Waals surface area contributed by atoms with E-state index < -0.39 is 5.97 Å². The summed E-state index contributed by atoms with van der Waals surface area (Å²) in [5.41, 5.74) is 6.85. The molecule has 5 heteroatoms. The van der Waals surface area contributed by atoms with Crippen molar-refractivity contribution >= 4 is 17.0 Å². The number of benzene rings is 1. The lowest BCUT2D eigenvalue weighted by Gasteiger charge is -2.11. The normalized spacial score (nSPS) is 11.2. The van der Waals surface area contributed by atoms with Gasteiger partial charge in [0.05, 0.1) is 11.4 Å². The molecule has 3 aromatic rings. The van der Waals surface area contributed by atoms with Crippen molar-refractivity contribution in [1.29, 1.82) is 0 Å². The maximum atomic E-state index is 10.9. The number of hydrogen-bond acceptors (Lipinski definition) is 3.